The number of amides is 1. The first-order chi connectivity index (χ1) is 9.15. The largest absolute Gasteiger partial charge is 0.399 e. The van der Waals surface area contributed by atoms with E-state index in [0.717, 1.165) is 23.9 Å². The molecule has 6 heteroatoms. The van der Waals surface area contributed by atoms with Crippen molar-refractivity contribution in [3.63, 3.8) is 0 Å². The third-order valence-corrected chi connectivity index (χ3v) is 3.48. The van der Waals surface area contributed by atoms with Crippen molar-refractivity contribution in [3.05, 3.63) is 22.7 Å². The molecule has 1 atom stereocenters. The number of carbonyl (C=O) groups excluding carboxylic acids is 1. The van der Waals surface area contributed by atoms with Crippen LogP contribution in [0.5, 0.6) is 0 Å². The van der Waals surface area contributed by atoms with Crippen LogP contribution >= 0.6 is 15.9 Å². The number of nitrogens with one attached hydrogen (secondary N) is 1. The van der Waals surface area contributed by atoms with Crippen LogP contribution in [0.4, 0.5) is 11.4 Å². The lowest BCUT2D eigenvalue weighted by atomic mass is 10.2. The van der Waals surface area contributed by atoms with E-state index in [0.29, 0.717) is 18.0 Å². The number of nitrogen functional groups attached to an aromatic ring is 1. The highest BCUT2D eigenvalue weighted by Gasteiger charge is 2.16. The fourth-order valence-electron chi connectivity index (χ4n) is 1.88. The van der Waals surface area contributed by atoms with Crippen molar-refractivity contribution in [2.75, 3.05) is 30.9 Å². The maximum atomic E-state index is 11.7. The Bertz CT molecular complexity index is 448. The minimum absolute atomic E-state index is 0.0245. The van der Waals surface area contributed by atoms with E-state index in [1.807, 2.05) is 0 Å². The second-order valence-corrected chi connectivity index (χ2v) is 5.29. The van der Waals surface area contributed by atoms with Gasteiger partial charge in [-0.1, -0.05) is 0 Å². The lowest BCUT2D eigenvalue weighted by molar-refractivity contribution is -0.121. The molecule has 1 aliphatic heterocycles. The van der Waals surface area contributed by atoms with Gasteiger partial charge in [0.15, 0.2) is 0 Å². The second-order valence-electron chi connectivity index (χ2n) is 4.44. The van der Waals surface area contributed by atoms with E-state index >= 15 is 0 Å². The molecule has 19 heavy (non-hydrogen) atoms. The standard InChI is InChI=1S/C13H17BrN2O3/c14-11-6-9(15)3-4-12(11)16-13(17)8-18-7-10-2-1-5-19-10/h3-4,6,10H,1-2,5,7-8,15H2,(H,16,17). The molecule has 1 amide bonds. The number of anilines is 2. The molecular weight excluding hydrogens is 312 g/mol. The average Bonchev–Trinajstić information content (AvgIpc) is 2.86. The summed E-state index contributed by atoms with van der Waals surface area (Å²) >= 11 is 3.34. The van der Waals surface area contributed by atoms with E-state index in [1.165, 1.54) is 0 Å². The van der Waals surface area contributed by atoms with Crippen molar-refractivity contribution in [3.8, 4) is 0 Å². The van der Waals surface area contributed by atoms with Gasteiger partial charge in [0.2, 0.25) is 5.91 Å². The summed E-state index contributed by atoms with van der Waals surface area (Å²) in [5.74, 6) is -0.191. The van der Waals surface area contributed by atoms with Crippen LogP contribution in [0.2, 0.25) is 0 Å². The zero-order valence-electron chi connectivity index (χ0n) is 10.5. The van der Waals surface area contributed by atoms with E-state index in [1.54, 1.807) is 18.2 Å². The molecule has 3 N–H and O–H groups in total. The van der Waals surface area contributed by atoms with Gasteiger partial charge < -0.3 is 20.5 Å². The molecule has 1 saturated heterocycles. The summed E-state index contributed by atoms with van der Waals surface area (Å²) in [6.07, 6.45) is 2.21. The number of rotatable bonds is 5. The van der Waals surface area contributed by atoms with Crippen LogP contribution in [-0.4, -0.2) is 31.8 Å². The zero-order chi connectivity index (χ0) is 13.7. The summed E-state index contributed by atoms with van der Waals surface area (Å²) in [4.78, 5) is 11.7. The predicted molar refractivity (Wildman–Crippen MR) is 77.0 cm³/mol. The van der Waals surface area contributed by atoms with Crippen LogP contribution in [-0.2, 0) is 14.3 Å². The zero-order valence-corrected chi connectivity index (χ0v) is 12.1. The molecule has 1 fully saturated rings. The first-order valence-corrected chi connectivity index (χ1v) is 6.98. The number of hydrogen-bond acceptors (Lipinski definition) is 4. The van der Waals surface area contributed by atoms with Gasteiger partial charge in [-0.05, 0) is 47.0 Å². The fraction of sp³-hybridized carbons (Fsp3) is 0.462. The number of carbonyl (C=O) groups is 1. The number of benzene rings is 1. The molecule has 0 saturated carbocycles. The smallest absolute Gasteiger partial charge is 0.250 e. The molecule has 0 bridgehead atoms. The minimum atomic E-state index is -0.191. The summed E-state index contributed by atoms with van der Waals surface area (Å²) < 4.78 is 11.5. The molecule has 104 valence electrons. The third kappa shape index (κ3) is 4.49. The van der Waals surface area contributed by atoms with Gasteiger partial charge in [0.25, 0.3) is 0 Å². The Morgan fingerprint density at radius 2 is 2.42 bits per heavy atom. The van der Waals surface area contributed by atoms with Crippen molar-refractivity contribution < 1.29 is 14.3 Å². The van der Waals surface area contributed by atoms with Crippen molar-refractivity contribution in [1.82, 2.24) is 0 Å². The highest BCUT2D eigenvalue weighted by molar-refractivity contribution is 9.10. The average molecular weight is 329 g/mol. The van der Waals surface area contributed by atoms with Crippen molar-refractivity contribution in [2.24, 2.45) is 0 Å². The van der Waals surface area contributed by atoms with Gasteiger partial charge in [0.05, 0.1) is 18.4 Å². The molecule has 5 nitrogen and oxygen atoms in total. The second kappa shape index (κ2) is 6.88. The normalized spacial score (nSPS) is 18.5. The molecule has 1 aromatic rings. The first kappa shape index (κ1) is 14.3. The maximum absolute atomic E-state index is 11.7. The van der Waals surface area contributed by atoms with E-state index < -0.39 is 0 Å². The van der Waals surface area contributed by atoms with E-state index in [2.05, 4.69) is 21.2 Å². The highest BCUT2D eigenvalue weighted by Crippen LogP contribution is 2.24. The van der Waals surface area contributed by atoms with Crippen molar-refractivity contribution >= 4 is 33.2 Å². The third-order valence-electron chi connectivity index (χ3n) is 2.83. The lowest BCUT2D eigenvalue weighted by Crippen LogP contribution is -2.22. The van der Waals surface area contributed by atoms with Crippen LogP contribution < -0.4 is 11.1 Å². The molecule has 1 aromatic carbocycles. The van der Waals surface area contributed by atoms with E-state index in [-0.39, 0.29) is 18.6 Å². The Hall–Kier alpha value is -1.11. The molecule has 1 heterocycles. The summed E-state index contributed by atoms with van der Waals surface area (Å²) in [5, 5.41) is 2.76. The van der Waals surface area contributed by atoms with Crippen LogP contribution in [0.25, 0.3) is 0 Å². The monoisotopic (exact) mass is 328 g/mol. The number of ether oxygens (including phenoxy) is 2. The lowest BCUT2D eigenvalue weighted by Gasteiger charge is -2.11. The van der Waals surface area contributed by atoms with Crippen LogP contribution in [0, 0.1) is 0 Å². The van der Waals surface area contributed by atoms with Crippen LogP contribution in [0.1, 0.15) is 12.8 Å². The topological polar surface area (TPSA) is 73.6 Å². The molecule has 2 rings (SSSR count). The van der Waals surface area contributed by atoms with Gasteiger partial charge in [-0.15, -0.1) is 0 Å². The van der Waals surface area contributed by atoms with Gasteiger partial charge in [-0.3, -0.25) is 4.79 Å². The Morgan fingerprint density at radius 1 is 1.58 bits per heavy atom. The summed E-state index contributed by atoms with van der Waals surface area (Å²) in [7, 11) is 0. The molecule has 1 aliphatic rings. The SMILES string of the molecule is Nc1ccc(NC(=O)COCC2CCCO2)c(Br)c1. The maximum Gasteiger partial charge on any atom is 0.250 e. The molecule has 0 aliphatic carbocycles. The molecule has 0 radical (unpaired) electrons. The molecule has 1 unspecified atom stereocenters. The summed E-state index contributed by atoms with van der Waals surface area (Å²) in [5.41, 5.74) is 6.95. The summed E-state index contributed by atoms with van der Waals surface area (Å²) in [6, 6.07) is 5.22. The summed E-state index contributed by atoms with van der Waals surface area (Å²) in [6.45, 7) is 1.28. The van der Waals surface area contributed by atoms with Crippen LogP contribution in [0.3, 0.4) is 0 Å². The number of nitrogens with two attached hydrogens (primary N) is 1. The fourth-order valence-corrected chi connectivity index (χ4v) is 2.37. The van der Waals surface area contributed by atoms with Gasteiger partial charge >= 0.3 is 0 Å². The Morgan fingerprint density at radius 3 is 3.11 bits per heavy atom. The number of hydrogen-bond donors (Lipinski definition) is 2. The van der Waals surface area contributed by atoms with Crippen LogP contribution in [0.15, 0.2) is 22.7 Å². The quantitative estimate of drug-likeness (QED) is 0.812. The number of halogens is 1. The first-order valence-electron chi connectivity index (χ1n) is 6.19. The van der Waals surface area contributed by atoms with Gasteiger partial charge in [-0.2, -0.15) is 0 Å². The van der Waals surface area contributed by atoms with E-state index in [9.17, 15) is 4.79 Å². The molecular formula is C13H17BrN2O3. The highest BCUT2D eigenvalue weighted by atomic mass is 79.9. The minimum Gasteiger partial charge on any atom is -0.399 e. The van der Waals surface area contributed by atoms with Gasteiger partial charge in [0.1, 0.15) is 6.61 Å². The van der Waals surface area contributed by atoms with Crippen molar-refractivity contribution in [1.29, 1.82) is 0 Å². The van der Waals surface area contributed by atoms with Gasteiger partial charge in [0, 0.05) is 16.8 Å². The molecule has 0 aromatic heterocycles. The Kier molecular flexibility index (Phi) is 5.18. The van der Waals surface area contributed by atoms with Gasteiger partial charge in [-0.25, -0.2) is 0 Å². The Balaban J connectivity index is 1.74. The molecule has 0 spiro atoms. The predicted octanol–water partition coefficient (Wildman–Crippen LogP) is 2.17. The Labute approximate surface area is 120 Å². The van der Waals surface area contributed by atoms with Crippen molar-refractivity contribution in [2.45, 2.75) is 18.9 Å². The van der Waals surface area contributed by atoms with E-state index in [4.69, 9.17) is 15.2 Å².